The predicted molar refractivity (Wildman–Crippen MR) is 41.8 cm³/mol. The third-order valence-electron chi connectivity index (χ3n) is 0.905. The molecule has 0 aromatic carbocycles. The minimum Gasteiger partial charge on any atom is -0.480 e. The van der Waals surface area contributed by atoms with Crippen LogP contribution in [0.4, 0.5) is 0 Å². The molecule has 0 rings (SSSR count). The first-order chi connectivity index (χ1) is 5.04. The van der Waals surface area contributed by atoms with Crippen molar-refractivity contribution in [2.45, 2.75) is 11.7 Å². The van der Waals surface area contributed by atoms with Gasteiger partial charge in [-0.05, 0) is 6.42 Å². The van der Waals surface area contributed by atoms with Gasteiger partial charge in [0.25, 0.3) is 0 Å². The molecule has 0 aliphatic rings. The van der Waals surface area contributed by atoms with Crippen LogP contribution in [0.1, 0.15) is 6.42 Å². The molecule has 62 valence electrons. The van der Waals surface area contributed by atoms with Crippen molar-refractivity contribution in [3.63, 3.8) is 0 Å². The molecule has 5 heteroatoms. The molecule has 0 aromatic rings. The van der Waals surface area contributed by atoms with Crippen molar-refractivity contribution in [1.29, 1.82) is 0 Å². The molecule has 1 unspecified atom stereocenters. The fraction of sp³-hybridized carbons (Fsp3) is 0.333. The topological polar surface area (TPSA) is 74.6 Å². The molecule has 0 radical (unpaired) electrons. The summed E-state index contributed by atoms with van der Waals surface area (Å²) >= 11 is 3.68. The van der Waals surface area contributed by atoms with Gasteiger partial charge in [-0.1, -0.05) is 6.08 Å². The molecule has 0 aromatic heterocycles. The van der Waals surface area contributed by atoms with Crippen molar-refractivity contribution < 1.29 is 19.8 Å². The summed E-state index contributed by atoms with van der Waals surface area (Å²) in [7, 11) is 0. The Hall–Kier alpha value is -0.970. The van der Waals surface area contributed by atoms with Crippen molar-refractivity contribution in [3.05, 3.63) is 12.2 Å². The maximum Gasteiger partial charge on any atom is 0.327 e. The van der Waals surface area contributed by atoms with E-state index in [0.29, 0.717) is 0 Å². The maximum atomic E-state index is 10.1. The van der Waals surface area contributed by atoms with Crippen LogP contribution in [0.3, 0.4) is 0 Å². The normalized spacial score (nSPS) is 13.2. The second-order valence-electron chi connectivity index (χ2n) is 1.83. The van der Waals surface area contributed by atoms with E-state index in [1.807, 2.05) is 0 Å². The van der Waals surface area contributed by atoms with Crippen molar-refractivity contribution in [1.82, 2.24) is 0 Å². The Kier molecular flexibility index (Phi) is 4.36. The summed E-state index contributed by atoms with van der Waals surface area (Å²) < 4.78 is 0. The standard InChI is InChI=1S/C6H8O4S/c7-5(8)3-1-2-4(11)6(9)10/h1,3-4,11H,2H2,(H,7,8)(H,9,10). The Balaban J connectivity index is 3.70. The average Bonchev–Trinajstić information content (AvgIpc) is 1.86. The number of thiol groups is 1. The molecule has 1 atom stereocenters. The van der Waals surface area contributed by atoms with E-state index in [4.69, 9.17) is 10.2 Å². The molecule has 0 saturated carbocycles. The van der Waals surface area contributed by atoms with Crippen LogP contribution in [-0.4, -0.2) is 27.4 Å². The van der Waals surface area contributed by atoms with Gasteiger partial charge in [0.1, 0.15) is 5.25 Å². The Labute approximate surface area is 68.9 Å². The molecule has 0 aliphatic carbocycles. The Morgan fingerprint density at radius 2 is 2.00 bits per heavy atom. The molecule has 0 bridgehead atoms. The zero-order valence-electron chi connectivity index (χ0n) is 5.60. The number of carboxylic acid groups (broad SMARTS) is 2. The van der Waals surface area contributed by atoms with E-state index < -0.39 is 17.2 Å². The van der Waals surface area contributed by atoms with E-state index in [2.05, 4.69) is 12.6 Å². The van der Waals surface area contributed by atoms with Gasteiger partial charge >= 0.3 is 11.9 Å². The smallest absolute Gasteiger partial charge is 0.327 e. The van der Waals surface area contributed by atoms with Gasteiger partial charge in [0.05, 0.1) is 0 Å². The summed E-state index contributed by atoms with van der Waals surface area (Å²) in [6.07, 6.45) is 2.27. The molecule has 0 heterocycles. The summed E-state index contributed by atoms with van der Waals surface area (Å²) in [5.74, 6) is -2.14. The van der Waals surface area contributed by atoms with Crippen LogP contribution in [0, 0.1) is 0 Å². The van der Waals surface area contributed by atoms with Crippen LogP contribution in [0.25, 0.3) is 0 Å². The molecule has 11 heavy (non-hydrogen) atoms. The zero-order valence-corrected chi connectivity index (χ0v) is 6.49. The van der Waals surface area contributed by atoms with Crippen LogP contribution in [0.5, 0.6) is 0 Å². The second-order valence-corrected chi connectivity index (χ2v) is 2.45. The first kappa shape index (κ1) is 10.0. The summed E-state index contributed by atoms with van der Waals surface area (Å²) in [5.41, 5.74) is 0. The van der Waals surface area contributed by atoms with Crippen molar-refractivity contribution in [2.24, 2.45) is 0 Å². The highest BCUT2D eigenvalue weighted by atomic mass is 32.1. The number of hydrogen-bond acceptors (Lipinski definition) is 3. The summed E-state index contributed by atoms with van der Waals surface area (Å²) in [6, 6.07) is 0. The minimum absolute atomic E-state index is 0.116. The van der Waals surface area contributed by atoms with E-state index in [-0.39, 0.29) is 6.42 Å². The highest BCUT2D eigenvalue weighted by molar-refractivity contribution is 7.81. The van der Waals surface area contributed by atoms with Gasteiger partial charge in [-0.3, -0.25) is 4.79 Å². The van der Waals surface area contributed by atoms with Crippen molar-refractivity contribution in [3.8, 4) is 0 Å². The molecule has 4 nitrogen and oxygen atoms in total. The molecule has 0 spiro atoms. The predicted octanol–water partition coefficient (Wildman–Crippen LogP) is 0.400. The van der Waals surface area contributed by atoms with E-state index in [1.54, 1.807) is 0 Å². The monoisotopic (exact) mass is 176 g/mol. The van der Waals surface area contributed by atoms with Gasteiger partial charge < -0.3 is 10.2 Å². The largest absolute Gasteiger partial charge is 0.480 e. The van der Waals surface area contributed by atoms with Gasteiger partial charge in [-0.25, -0.2) is 4.79 Å². The first-order valence-electron chi connectivity index (χ1n) is 2.84. The third-order valence-corrected chi connectivity index (χ3v) is 1.34. The average molecular weight is 176 g/mol. The highest BCUT2D eigenvalue weighted by Gasteiger charge is 2.08. The maximum absolute atomic E-state index is 10.1. The van der Waals surface area contributed by atoms with Gasteiger partial charge in [-0.2, -0.15) is 12.6 Å². The highest BCUT2D eigenvalue weighted by Crippen LogP contribution is 2.01. The number of hydrogen-bond donors (Lipinski definition) is 3. The van der Waals surface area contributed by atoms with Gasteiger partial charge in [0.2, 0.25) is 0 Å². The molecule has 2 N–H and O–H groups in total. The molecule has 0 fully saturated rings. The van der Waals surface area contributed by atoms with Crippen molar-refractivity contribution >= 4 is 24.6 Å². The van der Waals surface area contributed by atoms with Crippen LogP contribution in [0.2, 0.25) is 0 Å². The van der Waals surface area contributed by atoms with E-state index in [0.717, 1.165) is 6.08 Å². The number of carboxylic acids is 2. The fourth-order valence-corrected chi connectivity index (χ4v) is 0.520. The lowest BCUT2D eigenvalue weighted by Gasteiger charge is -1.97. The van der Waals surface area contributed by atoms with Crippen LogP contribution in [-0.2, 0) is 9.59 Å². The van der Waals surface area contributed by atoms with Gasteiger partial charge in [0, 0.05) is 6.08 Å². The summed E-state index contributed by atoms with van der Waals surface area (Å²) in [6.45, 7) is 0. The Morgan fingerprint density at radius 1 is 1.45 bits per heavy atom. The number of aliphatic carboxylic acids is 2. The van der Waals surface area contributed by atoms with Crippen LogP contribution >= 0.6 is 12.6 Å². The van der Waals surface area contributed by atoms with Gasteiger partial charge in [0.15, 0.2) is 0 Å². The van der Waals surface area contributed by atoms with E-state index in [1.165, 1.54) is 6.08 Å². The lowest BCUT2D eigenvalue weighted by Crippen LogP contribution is -2.11. The number of rotatable bonds is 4. The van der Waals surface area contributed by atoms with Crippen LogP contribution in [0.15, 0.2) is 12.2 Å². The molecule has 0 saturated heterocycles. The number of carbonyl (C=O) groups is 2. The zero-order chi connectivity index (χ0) is 8.85. The second kappa shape index (κ2) is 4.79. The lowest BCUT2D eigenvalue weighted by atomic mass is 10.3. The van der Waals surface area contributed by atoms with Crippen LogP contribution < -0.4 is 0 Å². The molecule has 0 aliphatic heterocycles. The van der Waals surface area contributed by atoms with Gasteiger partial charge in [-0.15, -0.1) is 0 Å². The Bertz CT molecular complexity index is 187. The molecular formula is C6H8O4S. The summed E-state index contributed by atoms with van der Waals surface area (Å²) in [4.78, 5) is 20.0. The number of allylic oxidation sites excluding steroid dienone is 1. The minimum atomic E-state index is -1.09. The Morgan fingerprint density at radius 3 is 2.36 bits per heavy atom. The SMILES string of the molecule is O=C(O)C=CCC(S)C(=O)O. The van der Waals surface area contributed by atoms with E-state index in [9.17, 15) is 9.59 Å². The lowest BCUT2D eigenvalue weighted by molar-refractivity contribution is -0.136. The fourth-order valence-electron chi connectivity index (χ4n) is 0.399. The molecular weight excluding hydrogens is 168 g/mol. The summed E-state index contributed by atoms with van der Waals surface area (Å²) in [5, 5.41) is 15.6. The molecule has 0 amide bonds. The first-order valence-corrected chi connectivity index (χ1v) is 3.36. The van der Waals surface area contributed by atoms with Crippen molar-refractivity contribution in [2.75, 3.05) is 0 Å². The quantitative estimate of drug-likeness (QED) is 0.428. The van der Waals surface area contributed by atoms with E-state index >= 15 is 0 Å². The third kappa shape index (κ3) is 5.47.